The Morgan fingerprint density at radius 3 is 2.85 bits per heavy atom. The highest BCUT2D eigenvalue weighted by Crippen LogP contribution is 2.32. The van der Waals surface area contributed by atoms with E-state index in [0.717, 1.165) is 41.7 Å². The van der Waals surface area contributed by atoms with Crippen molar-refractivity contribution in [3.8, 4) is 11.4 Å². The zero-order valence-electron chi connectivity index (χ0n) is 15.4. The van der Waals surface area contributed by atoms with Crippen LogP contribution in [-0.2, 0) is 17.8 Å². The van der Waals surface area contributed by atoms with E-state index in [1.807, 2.05) is 46.7 Å². The van der Waals surface area contributed by atoms with Gasteiger partial charge in [0, 0.05) is 36.7 Å². The summed E-state index contributed by atoms with van der Waals surface area (Å²) >= 11 is 1.46. The second-order valence-corrected chi connectivity index (χ2v) is 7.73. The number of carbonyl (C=O) groups is 1. The number of thioether (sulfide) groups is 1. The van der Waals surface area contributed by atoms with E-state index in [0.29, 0.717) is 0 Å². The Bertz CT molecular complexity index is 956. The van der Waals surface area contributed by atoms with Gasteiger partial charge in [-0.3, -0.25) is 9.78 Å². The Hall–Kier alpha value is -2.67. The predicted octanol–water partition coefficient (Wildman–Crippen LogP) is 3.43. The highest BCUT2D eigenvalue weighted by Gasteiger charge is 2.29. The van der Waals surface area contributed by atoms with Gasteiger partial charge in [0.2, 0.25) is 5.91 Å². The molecule has 0 N–H and O–H groups in total. The summed E-state index contributed by atoms with van der Waals surface area (Å²) in [4.78, 5) is 19.1. The van der Waals surface area contributed by atoms with Gasteiger partial charge in [0.05, 0.1) is 5.25 Å². The molecule has 7 heteroatoms. The molecular weight excluding hydrogens is 358 g/mol. The minimum absolute atomic E-state index is 0.110. The maximum atomic E-state index is 13.0. The third-order valence-electron chi connectivity index (χ3n) is 4.74. The van der Waals surface area contributed by atoms with Crippen molar-refractivity contribution in [2.45, 2.75) is 37.2 Å². The zero-order valence-corrected chi connectivity index (χ0v) is 16.2. The van der Waals surface area contributed by atoms with E-state index in [1.165, 1.54) is 17.3 Å². The van der Waals surface area contributed by atoms with Gasteiger partial charge in [-0.15, -0.1) is 10.2 Å². The first-order valence-corrected chi connectivity index (χ1v) is 9.96. The summed E-state index contributed by atoms with van der Waals surface area (Å²) in [5.74, 6) is 0.887. The van der Waals surface area contributed by atoms with E-state index in [-0.39, 0.29) is 11.2 Å². The van der Waals surface area contributed by atoms with Crippen LogP contribution in [0, 0.1) is 0 Å². The Balaban J connectivity index is 1.54. The maximum absolute atomic E-state index is 13.0. The predicted molar refractivity (Wildman–Crippen MR) is 107 cm³/mol. The smallest absolute Gasteiger partial charge is 0.240 e. The Morgan fingerprint density at radius 2 is 2.07 bits per heavy atom. The van der Waals surface area contributed by atoms with Gasteiger partial charge in [-0.2, -0.15) is 0 Å². The molecule has 0 saturated heterocycles. The highest BCUT2D eigenvalue weighted by atomic mass is 32.2. The van der Waals surface area contributed by atoms with Crippen molar-refractivity contribution in [3.05, 3.63) is 54.4 Å². The van der Waals surface area contributed by atoms with Gasteiger partial charge in [0.25, 0.3) is 0 Å². The van der Waals surface area contributed by atoms with Crippen LogP contribution < -0.4 is 4.90 Å². The molecule has 3 aromatic rings. The fourth-order valence-corrected chi connectivity index (χ4v) is 4.34. The molecule has 27 heavy (non-hydrogen) atoms. The minimum Gasteiger partial charge on any atom is -0.311 e. The molecule has 0 aliphatic carbocycles. The second-order valence-electron chi connectivity index (χ2n) is 6.42. The second kappa shape index (κ2) is 7.52. The van der Waals surface area contributed by atoms with Crippen LogP contribution in [0.1, 0.15) is 19.4 Å². The van der Waals surface area contributed by atoms with Crippen molar-refractivity contribution in [1.82, 2.24) is 19.7 Å². The molecule has 0 radical (unpaired) electrons. The van der Waals surface area contributed by atoms with Crippen molar-refractivity contribution >= 4 is 23.4 Å². The fraction of sp³-hybridized carbons (Fsp3) is 0.300. The summed E-state index contributed by atoms with van der Waals surface area (Å²) in [5, 5.41) is 9.18. The van der Waals surface area contributed by atoms with Crippen LogP contribution in [0.5, 0.6) is 0 Å². The van der Waals surface area contributed by atoms with Crippen LogP contribution >= 0.6 is 11.8 Å². The van der Waals surface area contributed by atoms with Crippen molar-refractivity contribution in [1.29, 1.82) is 0 Å². The number of anilines is 1. The number of hydrogen-bond acceptors (Lipinski definition) is 5. The number of amides is 1. The highest BCUT2D eigenvalue weighted by molar-refractivity contribution is 8.00. The lowest BCUT2D eigenvalue weighted by atomic mass is 10.2. The van der Waals surface area contributed by atoms with Crippen molar-refractivity contribution in [2.24, 2.45) is 0 Å². The van der Waals surface area contributed by atoms with Crippen LogP contribution in [-0.4, -0.2) is 37.5 Å². The molecular formula is C20H21N5OS. The van der Waals surface area contributed by atoms with Crippen molar-refractivity contribution in [3.63, 3.8) is 0 Å². The molecule has 4 rings (SSSR count). The molecule has 2 aromatic heterocycles. The van der Waals surface area contributed by atoms with E-state index in [9.17, 15) is 4.79 Å². The number of nitrogens with zero attached hydrogens (tertiary/aromatic N) is 5. The van der Waals surface area contributed by atoms with Crippen LogP contribution in [0.4, 0.5) is 5.69 Å². The van der Waals surface area contributed by atoms with E-state index in [4.69, 9.17) is 0 Å². The Labute approximate surface area is 162 Å². The Morgan fingerprint density at radius 1 is 1.22 bits per heavy atom. The van der Waals surface area contributed by atoms with Gasteiger partial charge in [-0.05, 0) is 44.0 Å². The molecule has 1 aliphatic heterocycles. The number of rotatable bonds is 5. The number of fused-ring (bicyclic) bond motifs is 1. The quantitative estimate of drug-likeness (QED) is 0.636. The summed E-state index contributed by atoms with van der Waals surface area (Å²) in [6.45, 7) is 5.46. The maximum Gasteiger partial charge on any atom is 0.240 e. The summed E-state index contributed by atoms with van der Waals surface area (Å²) in [6.07, 6.45) is 4.43. The summed E-state index contributed by atoms with van der Waals surface area (Å²) in [5.41, 5.74) is 3.19. The number of pyridine rings is 1. The fourth-order valence-electron chi connectivity index (χ4n) is 3.36. The van der Waals surface area contributed by atoms with E-state index in [1.54, 1.807) is 12.4 Å². The average molecular weight is 379 g/mol. The van der Waals surface area contributed by atoms with E-state index >= 15 is 0 Å². The number of para-hydroxylation sites is 1. The van der Waals surface area contributed by atoms with E-state index < -0.39 is 0 Å². The van der Waals surface area contributed by atoms with Crippen LogP contribution in [0.25, 0.3) is 11.4 Å². The van der Waals surface area contributed by atoms with Gasteiger partial charge in [-0.1, -0.05) is 30.0 Å². The first-order valence-electron chi connectivity index (χ1n) is 9.08. The van der Waals surface area contributed by atoms with Crippen molar-refractivity contribution < 1.29 is 4.79 Å². The largest absolute Gasteiger partial charge is 0.311 e. The molecule has 1 aromatic carbocycles. The molecule has 1 amide bonds. The normalized spacial score (nSPS) is 14.2. The van der Waals surface area contributed by atoms with Gasteiger partial charge >= 0.3 is 0 Å². The van der Waals surface area contributed by atoms with Crippen molar-refractivity contribution in [2.75, 3.05) is 11.4 Å². The molecule has 1 aliphatic rings. The number of carbonyl (C=O) groups excluding carboxylic acids is 1. The van der Waals surface area contributed by atoms with E-state index in [2.05, 4.69) is 28.2 Å². The van der Waals surface area contributed by atoms with Gasteiger partial charge < -0.3 is 9.47 Å². The standard InChI is InChI=1S/C20H21N5OS/c1-3-24-18(16-8-6-11-21-13-16)22-23-20(24)27-14(2)19(26)25-12-10-15-7-4-5-9-17(15)25/h4-9,11,13-14H,3,10,12H2,1-2H3. The van der Waals surface area contributed by atoms with Crippen LogP contribution in [0.2, 0.25) is 0 Å². The van der Waals surface area contributed by atoms with Gasteiger partial charge in [0.1, 0.15) is 0 Å². The number of aromatic nitrogens is 4. The number of hydrogen-bond donors (Lipinski definition) is 0. The molecule has 138 valence electrons. The first kappa shape index (κ1) is 17.7. The van der Waals surface area contributed by atoms with Gasteiger partial charge in [-0.25, -0.2) is 0 Å². The minimum atomic E-state index is -0.243. The summed E-state index contributed by atoms with van der Waals surface area (Å²) in [6, 6.07) is 12.0. The molecule has 6 nitrogen and oxygen atoms in total. The summed E-state index contributed by atoms with van der Waals surface area (Å²) in [7, 11) is 0. The zero-order chi connectivity index (χ0) is 18.8. The monoisotopic (exact) mass is 379 g/mol. The van der Waals surface area contributed by atoms with Gasteiger partial charge in [0.15, 0.2) is 11.0 Å². The summed E-state index contributed by atoms with van der Waals surface area (Å²) < 4.78 is 2.03. The number of benzene rings is 1. The lowest BCUT2D eigenvalue weighted by Crippen LogP contribution is -2.35. The molecule has 0 bridgehead atoms. The topological polar surface area (TPSA) is 63.9 Å². The SMILES string of the molecule is CCn1c(SC(C)C(=O)N2CCc3ccccc32)nnc1-c1cccnc1. The molecule has 1 atom stereocenters. The molecule has 0 fully saturated rings. The average Bonchev–Trinajstić information content (AvgIpc) is 3.32. The molecule has 3 heterocycles. The molecule has 0 spiro atoms. The third kappa shape index (κ3) is 3.35. The molecule has 1 unspecified atom stereocenters. The molecule has 0 saturated carbocycles. The Kier molecular flexibility index (Phi) is 4.94. The lowest BCUT2D eigenvalue weighted by molar-refractivity contribution is -0.117. The lowest BCUT2D eigenvalue weighted by Gasteiger charge is -2.21. The van der Waals surface area contributed by atoms with Crippen LogP contribution in [0.15, 0.2) is 53.9 Å². The first-order chi connectivity index (χ1) is 13.2. The third-order valence-corrected chi connectivity index (χ3v) is 5.80. The van der Waals surface area contributed by atoms with Crippen LogP contribution in [0.3, 0.4) is 0 Å².